The molecule has 31 heavy (non-hydrogen) atoms. The van der Waals surface area contributed by atoms with Crippen LogP contribution in [0.4, 0.5) is 14.5 Å². The molecule has 1 atom stereocenters. The van der Waals surface area contributed by atoms with E-state index in [0.29, 0.717) is 5.56 Å². The van der Waals surface area contributed by atoms with Crippen LogP contribution in [-0.2, 0) is 10.0 Å². The molecule has 0 aliphatic carbocycles. The average Bonchev–Trinajstić information content (AvgIpc) is 2.74. The van der Waals surface area contributed by atoms with Crippen LogP contribution < -0.4 is 4.72 Å². The van der Waals surface area contributed by atoms with Crippen molar-refractivity contribution in [3.63, 3.8) is 0 Å². The van der Waals surface area contributed by atoms with Gasteiger partial charge >= 0.3 is 0 Å². The molecular weight excluding hydrogens is 422 g/mol. The van der Waals surface area contributed by atoms with E-state index in [1.807, 2.05) is 6.92 Å². The van der Waals surface area contributed by atoms with Gasteiger partial charge in [0, 0.05) is 18.3 Å². The second-order valence-corrected chi connectivity index (χ2v) is 8.92. The summed E-state index contributed by atoms with van der Waals surface area (Å²) in [6.07, 6.45) is 0. The highest BCUT2D eigenvalue weighted by Crippen LogP contribution is 2.23. The van der Waals surface area contributed by atoms with Gasteiger partial charge in [-0.2, -0.15) is 0 Å². The highest BCUT2D eigenvalue weighted by atomic mass is 32.2. The van der Waals surface area contributed by atoms with Gasteiger partial charge < -0.3 is 4.90 Å². The van der Waals surface area contributed by atoms with Gasteiger partial charge in [-0.15, -0.1) is 0 Å². The molecule has 5 nitrogen and oxygen atoms in total. The third-order valence-electron chi connectivity index (χ3n) is 5.07. The molecule has 0 bridgehead atoms. The van der Waals surface area contributed by atoms with Gasteiger partial charge in [-0.3, -0.25) is 9.52 Å². The number of carbonyl (C=O) groups is 1. The summed E-state index contributed by atoms with van der Waals surface area (Å²) < 4.78 is 54.5. The van der Waals surface area contributed by atoms with Gasteiger partial charge in [0.05, 0.1) is 10.9 Å². The summed E-state index contributed by atoms with van der Waals surface area (Å²) in [7, 11) is -2.42. The number of halogens is 2. The molecule has 0 fully saturated rings. The number of amides is 1. The van der Waals surface area contributed by atoms with E-state index in [1.165, 1.54) is 48.2 Å². The highest BCUT2D eigenvalue weighted by molar-refractivity contribution is 7.92. The van der Waals surface area contributed by atoms with Crippen LogP contribution in [0.25, 0.3) is 0 Å². The molecule has 0 aliphatic rings. The van der Waals surface area contributed by atoms with E-state index in [0.717, 1.165) is 11.6 Å². The first-order valence-corrected chi connectivity index (χ1v) is 11.0. The first-order chi connectivity index (χ1) is 14.6. The highest BCUT2D eigenvalue weighted by Gasteiger charge is 2.21. The van der Waals surface area contributed by atoms with Crippen LogP contribution in [0.1, 0.15) is 34.5 Å². The minimum absolute atomic E-state index is 0.176. The Bertz CT molecular complexity index is 1210. The summed E-state index contributed by atoms with van der Waals surface area (Å²) >= 11 is 0. The summed E-state index contributed by atoms with van der Waals surface area (Å²) in [5.74, 6) is -1.32. The largest absolute Gasteiger partial charge is 0.335 e. The minimum Gasteiger partial charge on any atom is -0.335 e. The molecule has 0 spiro atoms. The van der Waals surface area contributed by atoms with Crippen LogP contribution >= 0.6 is 0 Å². The summed E-state index contributed by atoms with van der Waals surface area (Å²) in [5.41, 5.74) is 1.54. The molecule has 3 aromatic rings. The Balaban J connectivity index is 1.81. The zero-order valence-corrected chi connectivity index (χ0v) is 18.1. The van der Waals surface area contributed by atoms with Crippen molar-refractivity contribution in [2.75, 3.05) is 11.8 Å². The lowest BCUT2D eigenvalue weighted by atomic mass is 10.1. The molecule has 0 aromatic heterocycles. The number of nitrogens with zero attached hydrogens (tertiary/aromatic N) is 1. The summed E-state index contributed by atoms with van der Waals surface area (Å²) in [4.78, 5) is 14.2. The van der Waals surface area contributed by atoms with E-state index in [2.05, 4.69) is 4.72 Å². The predicted octanol–water partition coefficient (Wildman–Crippen LogP) is 4.91. The van der Waals surface area contributed by atoms with Gasteiger partial charge in [-0.25, -0.2) is 17.2 Å². The first kappa shape index (κ1) is 22.4. The quantitative estimate of drug-likeness (QED) is 0.588. The number of aryl methyl sites for hydroxylation is 1. The number of anilines is 1. The van der Waals surface area contributed by atoms with Crippen molar-refractivity contribution in [3.8, 4) is 0 Å². The van der Waals surface area contributed by atoms with Crippen molar-refractivity contribution in [3.05, 3.63) is 95.1 Å². The second kappa shape index (κ2) is 8.85. The van der Waals surface area contributed by atoms with E-state index < -0.39 is 15.8 Å². The Hall–Kier alpha value is -3.26. The molecule has 1 N–H and O–H groups in total. The molecule has 1 unspecified atom stereocenters. The van der Waals surface area contributed by atoms with Crippen LogP contribution in [0.5, 0.6) is 0 Å². The summed E-state index contributed by atoms with van der Waals surface area (Å²) in [6.45, 7) is 3.35. The summed E-state index contributed by atoms with van der Waals surface area (Å²) in [5, 5.41) is 0. The lowest BCUT2D eigenvalue weighted by Gasteiger charge is -2.25. The smallest absolute Gasteiger partial charge is 0.261 e. The summed E-state index contributed by atoms with van der Waals surface area (Å²) in [6, 6.07) is 15.2. The fourth-order valence-corrected chi connectivity index (χ4v) is 4.08. The third kappa shape index (κ3) is 5.08. The van der Waals surface area contributed by atoms with Gasteiger partial charge in [0.2, 0.25) is 0 Å². The Labute approximate surface area is 180 Å². The molecule has 3 aromatic carbocycles. The molecule has 0 heterocycles. The number of nitrogens with one attached hydrogen (secondary N) is 1. The molecule has 8 heteroatoms. The van der Waals surface area contributed by atoms with Crippen molar-refractivity contribution in [2.45, 2.75) is 24.8 Å². The standard InChI is InChI=1S/C23H22F2N2O3S/c1-15-7-12-21(14-22(15)25)31(29,30)26-20-6-4-5-18(13-20)23(28)27(3)16(2)17-8-10-19(24)11-9-17/h4-14,16,26H,1-3H3. The normalized spacial score (nSPS) is 12.3. The number of hydrogen-bond donors (Lipinski definition) is 1. The molecule has 0 radical (unpaired) electrons. The maximum atomic E-state index is 13.8. The maximum absolute atomic E-state index is 13.8. The molecule has 0 saturated heterocycles. The lowest BCUT2D eigenvalue weighted by Crippen LogP contribution is -2.29. The number of carbonyl (C=O) groups excluding carboxylic acids is 1. The number of sulfonamides is 1. The zero-order valence-electron chi connectivity index (χ0n) is 17.3. The Morgan fingerprint density at radius 1 is 1.00 bits per heavy atom. The molecule has 162 valence electrons. The van der Waals surface area contributed by atoms with E-state index in [9.17, 15) is 22.0 Å². The molecular formula is C23H22F2N2O3S. The number of rotatable bonds is 6. The van der Waals surface area contributed by atoms with Crippen LogP contribution in [0.15, 0.2) is 71.6 Å². The van der Waals surface area contributed by atoms with Gasteiger partial charge in [-0.05, 0) is 67.4 Å². The van der Waals surface area contributed by atoms with E-state index in [1.54, 1.807) is 31.3 Å². The third-order valence-corrected chi connectivity index (χ3v) is 6.45. The Morgan fingerprint density at radius 2 is 1.68 bits per heavy atom. The van der Waals surface area contributed by atoms with Crippen molar-refractivity contribution in [2.24, 2.45) is 0 Å². The average molecular weight is 445 g/mol. The monoisotopic (exact) mass is 444 g/mol. The van der Waals surface area contributed by atoms with Gasteiger partial charge in [-0.1, -0.05) is 24.3 Å². The Kier molecular flexibility index (Phi) is 6.40. The molecule has 3 rings (SSSR count). The second-order valence-electron chi connectivity index (χ2n) is 7.24. The predicted molar refractivity (Wildman–Crippen MR) is 115 cm³/mol. The SMILES string of the molecule is Cc1ccc(S(=O)(=O)Nc2cccc(C(=O)N(C)C(C)c3ccc(F)cc3)c2)cc1F. The van der Waals surface area contributed by atoms with Crippen molar-refractivity contribution >= 4 is 21.6 Å². The molecule has 0 saturated carbocycles. The molecule has 0 aliphatic heterocycles. The zero-order chi connectivity index (χ0) is 22.8. The van der Waals surface area contributed by atoms with Crippen molar-refractivity contribution in [1.82, 2.24) is 4.90 Å². The van der Waals surface area contributed by atoms with Crippen LogP contribution in [-0.4, -0.2) is 26.3 Å². The van der Waals surface area contributed by atoms with Crippen molar-refractivity contribution in [1.29, 1.82) is 0 Å². The maximum Gasteiger partial charge on any atom is 0.261 e. The topological polar surface area (TPSA) is 66.5 Å². The first-order valence-electron chi connectivity index (χ1n) is 9.50. The Morgan fingerprint density at radius 3 is 2.32 bits per heavy atom. The fraction of sp³-hybridized carbons (Fsp3) is 0.174. The van der Waals surface area contributed by atoms with Crippen LogP contribution in [0, 0.1) is 18.6 Å². The van der Waals surface area contributed by atoms with Gasteiger partial charge in [0.25, 0.3) is 15.9 Å². The van der Waals surface area contributed by atoms with Crippen molar-refractivity contribution < 1.29 is 22.0 Å². The van der Waals surface area contributed by atoms with E-state index >= 15 is 0 Å². The minimum atomic E-state index is -4.03. The van der Waals surface area contributed by atoms with Crippen LogP contribution in [0.2, 0.25) is 0 Å². The molecule has 1 amide bonds. The van der Waals surface area contributed by atoms with E-state index in [-0.39, 0.29) is 33.9 Å². The lowest BCUT2D eigenvalue weighted by molar-refractivity contribution is 0.0742. The number of hydrogen-bond acceptors (Lipinski definition) is 3. The van der Waals surface area contributed by atoms with Crippen LogP contribution in [0.3, 0.4) is 0 Å². The van der Waals surface area contributed by atoms with Gasteiger partial charge in [0.15, 0.2) is 0 Å². The fourth-order valence-electron chi connectivity index (χ4n) is 3.01. The van der Waals surface area contributed by atoms with E-state index in [4.69, 9.17) is 0 Å². The number of benzene rings is 3. The van der Waals surface area contributed by atoms with Gasteiger partial charge in [0.1, 0.15) is 11.6 Å².